The van der Waals surface area contributed by atoms with Crippen LogP contribution in [0, 0.1) is 0 Å². The highest BCUT2D eigenvalue weighted by Gasteiger charge is 2.34. The van der Waals surface area contributed by atoms with E-state index in [0.717, 1.165) is 10.9 Å². The monoisotopic (exact) mass is 311 g/mol. The van der Waals surface area contributed by atoms with Crippen LogP contribution in [0.3, 0.4) is 0 Å². The van der Waals surface area contributed by atoms with Crippen molar-refractivity contribution in [3.63, 3.8) is 0 Å². The first-order valence-electron chi connectivity index (χ1n) is 7.52. The SMILES string of the molecule is N[C@@H]1CN(C(=O)Cn2cc3ccccc3n2)C[C@@H]1n1ccnn1. The quantitative estimate of drug-likeness (QED) is 0.737. The summed E-state index contributed by atoms with van der Waals surface area (Å²) in [5.74, 6) is 0.0101. The number of hydrogen-bond acceptors (Lipinski definition) is 5. The molecule has 118 valence electrons. The number of carbonyl (C=O) groups is 1. The molecule has 0 unspecified atom stereocenters. The van der Waals surface area contributed by atoms with E-state index in [4.69, 9.17) is 5.73 Å². The van der Waals surface area contributed by atoms with Crippen molar-refractivity contribution in [2.75, 3.05) is 13.1 Å². The van der Waals surface area contributed by atoms with Gasteiger partial charge in [0, 0.05) is 36.9 Å². The molecule has 8 heteroatoms. The molecule has 0 spiro atoms. The second-order valence-corrected chi connectivity index (χ2v) is 5.80. The number of nitrogens with two attached hydrogens (primary N) is 1. The van der Waals surface area contributed by atoms with Crippen molar-refractivity contribution < 1.29 is 4.79 Å². The zero-order chi connectivity index (χ0) is 15.8. The van der Waals surface area contributed by atoms with Crippen LogP contribution in [-0.4, -0.2) is 54.7 Å². The summed E-state index contributed by atoms with van der Waals surface area (Å²) in [6.07, 6.45) is 5.28. The Hall–Kier alpha value is -2.74. The van der Waals surface area contributed by atoms with Gasteiger partial charge in [-0.05, 0) is 6.07 Å². The zero-order valence-electron chi connectivity index (χ0n) is 12.5. The average Bonchev–Trinajstić information content (AvgIpc) is 3.24. The Kier molecular flexibility index (Phi) is 3.30. The molecule has 1 aromatic carbocycles. The summed E-state index contributed by atoms with van der Waals surface area (Å²) in [5, 5.41) is 13.2. The highest BCUT2D eigenvalue weighted by Crippen LogP contribution is 2.20. The molecule has 23 heavy (non-hydrogen) atoms. The Morgan fingerprint density at radius 2 is 2.17 bits per heavy atom. The van der Waals surface area contributed by atoms with Crippen LogP contribution in [-0.2, 0) is 11.3 Å². The molecule has 1 fully saturated rings. The van der Waals surface area contributed by atoms with E-state index >= 15 is 0 Å². The number of fused-ring (bicyclic) bond motifs is 1. The lowest BCUT2D eigenvalue weighted by molar-refractivity contribution is -0.131. The minimum atomic E-state index is -0.141. The van der Waals surface area contributed by atoms with Crippen molar-refractivity contribution in [2.45, 2.75) is 18.6 Å². The third kappa shape index (κ3) is 2.57. The maximum Gasteiger partial charge on any atom is 0.244 e. The van der Waals surface area contributed by atoms with Crippen LogP contribution in [0.4, 0.5) is 0 Å². The average molecular weight is 311 g/mol. The predicted octanol–water partition coefficient (Wildman–Crippen LogP) is 0.0386. The Labute approximate surface area is 132 Å². The van der Waals surface area contributed by atoms with Gasteiger partial charge in [-0.2, -0.15) is 5.10 Å². The summed E-state index contributed by atoms with van der Waals surface area (Å²) in [6.45, 7) is 1.28. The Morgan fingerprint density at radius 1 is 1.30 bits per heavy atom. The van der Waals surface area contributed by atoms with E-state index in [2.05, 4.69) is 15.4 Å². The minimum Gasteiger partial charge on any atom is -0.337 e. The molecule has 3 aromatic rings. The van der Waals surface area contributed by atoms with E-state index in [9.17, 15) is 4.79 Å². The maximum atomic E-state index is 12.5. The first-order chi connectivity index (χ1) is 11.2. The number of aromatic nitrogens is 5. The highest BCUT2D eigenvalue weighted by molar-refractivity contribution is 5.80. The molecular formula is C15H17N7O. The van der Waals surface area contributed by atoms with Crippen molar-refractivity contribution >= 4 is 16.8 Å². The molecule has 4 rings (SSSR count). The normalized spacial score (nSPS) is 21.2. The summed E-state index contributed by atoms with van der Waals surface area (Å²) >= 11 is 0. The van der Waals surface area contributed by atoms with Gasteiger partial charge in [-0.1, -0.05) is 23.4 Å². The van der Waals surface area contributed by atoms with E-state index in [0.29, 0.717) is 13.1 Å². The van der Waals surface area contributed by atoms with E-state index in [1.165, 1.54) is 0 Å². The topological polar surface area (TPSA) is 94.9 Å². The molecule has 2 aromatic heterocycles. The van der Waals surface area contributed by atoms with Crippen molar-refractivity contribution in [3.8, 4) is 0 Å². The van der Waals surface area contributed by atoms with Gasteiger partial charge in [0.05, 0.1) is 17.8 Å². The number of hydrogen-bond donors (Lipinski definition) is 1. The van der Waals surface area contributed by atoms with Gasteiger partial charge in [-0.3, -0.25) is 9.48 Å². The number of nitrogens with zero attached hydrogens (tertiary/aromatic N) is 6. The molecule has 8 nitrogen and oxygen atoms in total. The van der Waals surface area contributed by atoms with Gasteiger partial charge in [-0.25, -0.2) is 4.68 Å². The summed E-state index contributed by atoms with van der Waals surface area (Å²) < 4.78 is 3.40. The molecule has 0 radical (unpaired) electrons. The fourth-order valence-corrected chi connectivity index (χ4v) is 3.02. The van der Waals surface area contributed by atoms with Crippen molar-refractivity contribution in [3.05, 3.63) is 42.9 Å². The number of amides is 1. The molecule has 0 bridgehead atoms. The molecule has 0 saturated carbocycles. The molecule has 2 N–H and O–H groups in total. The smallest absolute Gasteiger partial charge is 0.244 e. The van der Waals surface area contributed by atoms with Crippen LogP contribution in [0.1, 0.15) is 6.04 Å². The largest absolute Gasteiger partial charge is 0.337 e. The number of likely N-dealkylation sites (tertiary alicyclic amines) is 1. The number of carbonyl (C=O) groups excluding carboxylic acids is 1. The van der Waals surface area contributed by atoms with Crippen LogP contribution in [0.25, 0.3) is 10.9 Å². The van der Waals surface area contributed by atoms with Gasteiger partial charge in [0.1, 0.15) is 6.54 Å². The lowest BCUT2D eigenvalue weighted by Crippen LogP contribution is -2.34. The van der Waals surface area contributed by atoms with Crippen LogP contribution < -0.4 is 5.73 Å². The van der Waals surface area contributed by atoms with E-state index in [1.807, 2.05) is 30.5 Å². The van der Waals surface area contributed by atoms with Gasteiger partial charge < -0.3 is 10.6 Å². The van der Waals surface area contributed by atoms with Crippen molar-refractivity contribution in [1.29, 1.82) is 0 Å². The van der Waals surface area contributed by atoms with Crippen molar-refractivity contribution in [2.24, 2.45) is 5.73 Å². The maximum absolute atomic E-state index is 12.5. The molecule has 1 amide bonds. The van der Waals surface area contributed by atoms with Crippen molar-refractivity contribution in [1.82, 2.24) is 29.7 Å². The first-order valence-corrected chi connectivity index (χ1v) is 7.52. The summed E-state index contributed by atoms with van der Waals surface area (Å²) in [6, 6.07) is 7.64. The molecule has 1 saturated heterocycles. The third-order valence-electron chi connectivity index (χ3n) is 4.22. The Bertz CT molecular complexity index is 792. The minimum absolute atomic E-state index is 0.0101. The molecule has 3 heterocycles. The lowest BCUT2D eigenvalue weighted by Gasteiger charge is -2.16. The predicted molar refractivity (Wildman–Crippen MR) is 83.3 cm³/mol. The van der Waals surface area contributed by atoms with Crippen LogP contribution in [0.5, 0.6) is 0 Å². The zero-order valence-corrected chi connectivity index (χ0v) is 12.5. The molecule has 0 aliphatic carbocycles. The van der Waals surface area contributed by atoms with Gasteiger partial charge in [0.25, 0.3) is 0 Å². The lowest BCUT2D eigenvalue weighted by atomic mass is 10.2. The van der Waals surface area contributed by atoms with Gasteiger partial charge >= 0.3 is 0 Å². The van der Waals surface area contributed by atoms with Gasteiger partial charge in [0.2, 0.25) is 5.91 Å². The Morgan fingerprint density at radius 3 is 2.96 bits per heavy atom. The van der Waals surface area contributed by atoms with Crippen LogP contribution >= 0.6 is 0 Å². The number of benzene rings is 1. The van der Waals surface area contributed by atoms with Crippen LogP contribution in [0.15, 0.2) is 42.9 Å². The molecule has 1 aliphatic rings. The number of rotatable bonds is 3. The first kappa shape index (κ1) is 13.9. The van der Waals surface area contributed by atoms with E-state index in [1.54, 1.807) is 26.7 Å². The molecule has 2 atom stereocenters. The highest BCUT2D eigenvalue weighted by atomic mass is 16.2. The summed E-state index contributed by atoms with van der Waals surface area (Å²) in [5.41, 5.74) is 7.04. The molecular weight excluding hydrogens is 294 g/mol. The second-order valence-electron chi connectivity index (χ2n) is 5.80. The second kappa shape index (κ2) is 5.47. The van der Waals surface area contributed by atoms with E-state index < -0.39 is 0 Å². The fourth-order valence-electron chi connectivity index (χ4n) is 3.02. The third-order valence-corrected chi connectivity index (χ3v) is 4.22. The van der Waals surface area contributed by atoms with Gasteiger partial charge in [0.15, 0.2) is 0 Å². The van der Waals surface area contributed by atoms with E-state index in [-0.39, 0.29) is 24.5 Å². The Balaban J connectivity index is 1.47. The molecule has 1 aliphatic heterocycles. The van der Waals surface area contributed by atoms with Gasteiger partial charge in [-0.15, -0.1) is 5.10 Å². The summed E-state index contributed by atoms with van der Waals surface area (Å²) in [4.78, 5) is 14.3. The van der Waals surface area contributed by atoms with Crippen LogP contribution in [0.2, 0.25) is 0 Å². The standard InChI is InChI=1S/C15H17N7O/c16-12-8-20(9-14(12)22-6-5-17-19-22)15(23)10-21-7-11-3-1-2-4-13(11)18-21/h1-7,12,14H,8-10,16H2/t12-,14+/m1/s1. The summed E-state index contributed by atoms with van der Waals surface area (Å²) in [7, 11) is 0. The fraction of sp³-hybridized carbons (Fsp3) is 0.333.